The number of hydrogen-bond acceptors (Lipinski definition) is 5. The van der Waals surface area contributed by atoms with Crippen molar-refractivity contribution in [2.75, 3.05) is 26.8 Å². The second-order valence-electron chi connectivity index (χ2n) is 4.58. The van der Waals surface area contributed by atoms with Gasteiger partial charge in [-0.05, 0) is 32.4 Å². The minimum atomic E-state index is 0.412. The van der Waals surface area contributed by atoms with Crippen LogP contribution in [-0.4, -0.2) is 43.0 Å². The van der Waals surface area contributed by atoms with Gasteiger partial charge in [-0.2, -0.15) is 10.2 Å². The average molecular weight is 252 g/mol. The van der Waals surface area contributed by atoms with Crippen LogP contribution in [0.1, 0.15) is 23.9 Å². The van der Waals surface area contributed by atoms with Gasteiger partial charge in [0.25, 0.3) is 0 Å². The Morgan fingerprint density at radius 1 is 1.33 bits per heavy atom. The number of hydrogen-bond donors (Lipinski definition) is 2. The van der Waals surface area contributed by atoms with Gasteiger partial charge in [0.1, 0.15) is 0 Å². The van der Waals surface area contributed by atoms with Gasteiger partial charge in [-0.15, -0.1) is 0 Å². The van der Waals surface area contributed by atoms with Crippen LogP contribution in [0.2, 0.25) is 0 Å². The van der Waals surface area contributed by atoms with Crippen LogP contribution in [0.15, 0.2) is 6.07 Å². The Balaban J connectivity index is 2.29. The lowest BCUT2D eigenvalue weighted by molar-refractivity contribution is 0.198. The smallest absolute Gasteiger partial charge is 0.0645 e. The molecule has 5 nitrogen and oxygen atoms in total. The van der Waals surface area contributed by atoms with Crippen LogP contribution in [0.5, 0.6) is 0 Å². The molecule has 0 amide bonds. The van der Waals surface area contributed by atoms with Gasteiger partial charge in [0.2, 0.25) is 0 Å². The highest BCUT2D eigenvalue weighted by Crippen LogP contribution is 2.04. The van der Waals surface area contributed by atoms with Crippen LogP contribution in [0, 0.1) is 13.8 Å². The second kappa shape index (κ2) is 8.13. The largest absolute Gasteiger partial charge is 0.383 e. The first-order valence-corrected chi connectivity index (χ1v) is 6.36. The highest BCUT2D eigenvalue weighted by atomic mass is 16.5. The summed E-state index contributed by atoms with van der Waals surface area (Å²) in [6.45, 7) is 9.51. The maximum atomic E-state index is 4.98. The van der Waals surface area contributed by atoms with Gasteiger partial charge < -0.3 is 15.4 Å². The normalized spacial score (nSPS) is 12.7. The van der Waals surface area contributed by atoms with Gasteiger partial charge in [0.15, 0.2) is 0 Å². The summed E-state index contributed by atoms with van der Waals surface area (Å²) >= 11 is 0. The van der Waals surface area contributed by atoms with Crippen molar-refractivity contribution in [1.82, 2.24) is 20.8 Å². The van der Waals surface area contributed by atoms with Crippen LogP contribution in [0.3, 0.4) is 0 Å². The maximum Gasteiger partial charge on any atom is 0.0645 e. The third-order valence-electron chi connectivity index (χ3n) is 2.78. The van der Waals surface area contributed by atoms with E-state index < -0.39 is 0 Å². The number of aromatic nitrogens is 2. The summed E-state index contributed by atoms with van der Waals surface area (Å²) in [5.41, 5.74) is 3.17. The van der Waals surface area contributed by atoms with Crippen molar-refractivity contribution in [3.63, 3.8) is 0 Å². The lowest BCUT2D eigenvalue weighted by Gasteiger charge is -2.15. The van der Waals surface area contributed by atoms with Gasteiger partial charge in [-0.3, -0.25) is 0 Å². The van der Waals surface area contributed by atoms with Crippen LogP contribution in [-0.2, 0) is 11.3 Å². The Morgan fingerprint density at radius 2 is 2.11 bits per heavy atom. The zero-order chi connectivity index (χ0) is 13.4. The van der Waals surface area contributed by atoms with Crippen molar-refractivity contribution in [1.29, 1.82) is 0 Å². The monoisotopic (exact) mass is 252 g/mol. The molecule has 0 fully saturated rings. The van der Waals surface area contributed by atoms with Crippen molar-refractivity contribution in [3.05, 3.63) is 23.0 Å². The van der Waals surface area contributed by atoms with E-state index >= 15 is 0 Å². The molecule has 0 aliphatic carbocycles. The van der Waals surface area contributed by atoms with Crippen molar-refractivity contribution in [2.45, 2.75) is 33.4 Å². The van der Waals surface area contributed by atoms with Crippen LogP contribution in [0.4, 0.5) is 0 Å². The summed E-state index contributed by atoms with van der Waals surface area (Å²) < 4.78 is 4.98. The molecule has 5 heteroatoms. The molecule has 1 aromatic rings. The molecule has 1 aromatic heterocycles. The average Bonchev–Trinajstić information content (AvgIpc) is 2.36. The summed E-state index contributed by atoms with van der Waals surface area (Å²) in [6.07, 6.45) is 0. The summed E-state index contributed by atoms with van der Waals surface area (Å²) in [6, 6.07) is 2.50. The maximum absolute atomic E-state index is 4.98. The molecule has 0 radical (unpaired) electrons. The van der Waals surface area contributed by atoms with E-state index in [1.54, 1.807) is 7.11 Å². The Bertz CT molecular complexity index is 357. The second-order valence-corrected chi connectivity index (χ2v) is 4.58. The fraction of sp³-hybridized carbons (Fsp3) is 0.692. The van der Waals surface area contributed by atoms with Crippen LogP contribution >= 0.6 is 0 Å². The third-order valence-corrected chi connectivity index (χ3v) is 2.78. The molecular formula is C13H24N4O. The van der Waals surface area contributed by atoms with Crippen molar-refractivity contribution < 1.29 is 4.74 Å². The summed E-state index contributed by atoms with van der Waals surface area (Å²) in [7, 11) is 1.71. The van der Waals surface area contributed by atoms with E-state index in [1.807, 2.05) is 13.8 Å². The van der Waals surface area contributed by atoms with Gasteiger partial charge in [-0.1, -0.05) is 0 Å². The summed E-state index contributed by atoms with van der Waals surface area (Å²) in [5.74, 6) is 0. The van der Waals surface area contributed by atoms with E-state index in [-0.39, 0.29) is 0 Å². The fourth-order valence-electron chi connectivity index (χ4n) is 1.63. The quantitative estimate of drug-likeness (QED) is 0.670. The Kier molecular flexibility index (Phi) is 6.78. The molecule has 1 heterocycles. The number of ether oxygens (including phenoxy) is 1. The number of aryl methyl sites for hydroxylation is 2. The van der Waals surface area contributed by atoms with E-state index in [0.29, 0.717) is 6.04 Å². The minimum Gasteiger partial charge on any atom is -0.383 e. The summed E-state index contributed by atoms with van der Waals surface area (Å²) in [5, 5.41) is 15.0. The minimum absolute atomic E-state index is 0.412. The van der Waals surface area contributed by atoms with Gasteiger partial charge in [-0.25, -0.2) is 0 Å². The van der Waals surface area contributed by atoms with Crippen molar-refractivity contribution in [2.24, 2.45) is 0 Å². The number of nitrogens with one attached hydrogen (secondary N) is 2. The molecule has 1 rings (SSSR count). The topological polar surface area (TPSA) is 59.1 Å². The fourth-order valence-corrected chi connectivity index (χ4v) is 1.63. The number of rotatable bonds is 8. The third kappa shape index (κ3) is 5.53. The Morgan fingerprint density at radius 3 is 2.83 bits per heavy atom. The predicted octanol–water partition coefficient (Wildman–Crippen LogP) is 0.808. The molecule has 18 heavy (non-hydrogen) atoms. The predicted molar refractivity (Wildman–Crippen MR) is 72.6 cm³/mol. The van der Waals surface area contributed by atoms with Crippen LogP contribution < -0.4 is 10.6 Å². The molecule has 0 aliphatic heterocycles. The zero-order valence-corrected chi connectivity index (χ0v) is 11.8. The highest BCUT2D eigenvalue weighted by Gasteiger charge is 2.04. The Labute approximate surface area is 109 Å². The molecule has 0 spiro atoms. The number of nitrogens with zero attached hydrogens (tertiary/aromatic N) is 2. The van der Waals surface area contributed by atoms with E-state index in [9.17, 15) is 0 Å². The Hall–Kier alpha value is -1.04. The summed E-state index contributed by atoms with van der Waals surface area (Å²) in [4.78, 5) is 0. The molecule has 0 saturated carbocycles. The van der Waals surface area contributed by atoms with Gasteiger partial charge in [0.05, 0.1) is 18.0 Å². The lowest BCUT2D eigenvalue weighted by atomic mass is 10.2. The molecule has 1 atom stereocenters. The molecule has 0 bridgehead atoms. The molecule has 2 N–H and O–H groups in total. The SMILES string of the molecule is COCCNCC(C)NCc1cc(C)nnc1C. The molecule has 0 saturated heterocycles. The van der Waals surface area contributed by atoms with E-state index in [0.717, 1.165) is 37.6 Å². The first kappa shape index (κ1) is 15.0. The van der Waals surface area contributed by atoms with E-state index in [2.05, 4.69) is 33.8 Å². The standard InChI is InChI=1S/C13H24N4O/c1-10-7-13(12(3)17-16-10)9-15-11(2)8-14-5-6-18-4/h7,11,14-15H,5-6,8-9H2,1-4H3. The van der Waals surface area contributed by atoms with Gasteiger partial charge >= 0.3 is 0 Å². The number of methoxy groups -OCH3 is 1. The first-order valence-electron chi connectivity index (χ1n) is 6.36. The molecule has 0 aromatic carbocycles. The molecule has 102 valence electrons. The lowest BCUT2D eigenvalue weighted by Crippen LogP contribution is -2.37. The molecule has 1 unspecified atom stereocenters. The van der Waals surface area contributed by atoms with Crippen molar-refractivity contribution in [3.8, 4) is 0 Å². The van der Waals surface area contributed by atoms with E-state index in [4.69, 9.17) is 4.74 Å². The van der Waals surface area contributed by atoms with E-state index in [1.165, 1.54) is 5.56 Å². The van der Waals surface area contributed by atoms with Gasteiger partial charge in [0, 0.05) is 32.8 Å². The molecule has 0 aliphatic rings. The zero-order valence-electron chi connectivity index (χ0n) is 11.8. The van der Waals surface area contributed by atoms with Crippen LogP contribution in [0.25, 0.3) is 0 Å². The highest BCUT2D eigenvalue weighted by molar-refractivity contribution is 5.19. The first-order chi connectivity index (χ1) is 8.63. The molecular weight excluding hydrogens is 228 g/mol. The van der Waals surface area contributed by atoms with Crippen molar-refractivity contribution >= 4 is 0 Å².